The molecule has 0 amide bonds. The Bertz CT molecular complexity index is 366. The first kappa shape index (κ1) is 11.9. The van der Waals surface area contributed by atoms with E-state index in [1.165, 1.54) is 0 Å². The standard InChI is InChI=1S/C14H21O2P/c1-9-12-13(16-14(3,4)15-12)10(2)17(9)11-7-5-6-8-11/h5-7,9-10,12-13H,8H2,1-4H3/t9-,10-,12+,13+/m0/s1. The van der Waals surface area contributed by atoms with E-state index in [-0.39, 0.29) is 13.7 Å². The minimum absolute atomic E-state index is 0.0947. The van der Waals surface area contributed by atoms with E-state index in [0.29, 0.717) is 23.5 Å². The summed E-state index contributed by atoms with van der Waals surface area (Å²) in [5.41, 5.74) is 1.25. The highest BCUT2D eigenvalue weighted by Crippen LogP contribution is 2.65. The maximum Gasteiger partial charge on any atom is 0.163 e. The highest BCUT2D eigenvalue weighted by molar-refractivity contribution is 7.64. The lowest BCUT2D eigenvalue weighted by Gasteiger charge is -2.28. The summed E-state index contributed by atoms with van der Waals surface area (Å²) in [4.78, 5) is 0. The molecule has 0 unspecified atom stereocenters. The highest BCUT2D eigenvalue weighted by Gasteiger charge is 2.55. The van der Waals surface area contributed by atoms with Crippen LogP contribution in [0.15, 0.2) is 23.5 Å². The van der Waals surface area contributed by atoms with Gasteiger partial charge >= 0.3 is 0 Å². The lowest BCUT2D eigenvalue weighted by atomic mass is 10.1. The van der Waals surface area contributed by atoms with Crippen LogP contribution < -0.4 is 0 Å². The van der Waals surface area contributed by atoms with Gasteiger partial charge in [-0.2, -0.15) is 0 Å². The SMILES string of the molecule is C[C@H]1[C@H]2OC(C)(C)O[C@@H]2[C@H](C)P1C1=CC=CC1. The van der Waals surface area contributed by atoms with E-state index in [4.69, 9.17) is 9.47 Å². The minimum Gasteiger partial charge on any atom is -0.344 e. The molecule has 4 atom stereocenters. The molecule has 2 fully saturated rings. The zero-order valence-electron chi connectivity index (χ0n) is 11.0. The van der Waals surface area contributed by atoms with E-state index in [2.05, 4.69) is 32.1 Å². The topological polar surface area (TPSA) is 18.5 Å². The van der Waals surface area contributed by atoms with Crippen LogP contribution in [-0.4, -0.2) is 29.3 Å². The van der Waals surface area contributed by atoms with Crippen LogP contribution in [0.4, 0.5) is 0 Å². The predicted octanol–water partition coefficient (Wildman–Crippen LogP) is 3.62. The molecule has 3 rings (SSSR count). The van der Waals surface area contributed by atoms with E-state index in [1.54, 1.807) is 5.31 Å². The number of fused-ring (bicyclic) bond motifs is 1. The fraction of sp³-hybridized carbons (Fsp3) is 0.714. The average Bonchev–Trinajstić information content (AvgIpc) is 2.88. The lowest BCUT2D eigenvalue weighted by molar-refractivity contribution is -0.147. The second-order valence-corrected chi connectivity index (χ2v) is 8.76. The van der Waals surface area contributed by atoms with Crippen molar-refractivity contribution >= 4 is 7.92 Å². The van der Waals surface area contributed by atoms with Crippen LogP contribution in [0.3, 0.4) is 0 Å². The second-order valence-electron chi connectivity index (χ2n) is 5.74. The Kier molecular flexibility index (Phi) is 2.74. The molecule has 2 aliphatic heterocycles. The summed E-state index contributed by atoms with van der Waals surface area (Å²) >= 11 is 0. The molecule has 2 heterocycles. The van der Waals surface area contributed by atoms with Crippen LogP contribution in [0.2, 0.25) is 0 Å². The largest absolute Gasteiger partial charge is 0.344 e. The van der Waals surface area contributed by atoms with E-state index >= 15 is 0 Å². The van der Waals surface area contributed by atoms with Crippen molar-refractivity contribution in [3.63, 3.8) is 0 Å². The Morgan fingerprint density at radius 2 is 1.76 bits per heavy atom. The van der Waals surface area contributed by atoms with Crippen molar-refractivity contribution < 1.29 is 9.47 Å². The smallest absolute Gasteiger partial charge is 0.163 e. The van der Waals surface area contributed by atoms with Crippen LogP contribution in [0, 0.1) is 0 Å². The van der Waals surface area contributed by atoms with Gasteiger partial charge in [0.25, 0.3) is 0 Å². The summed E-state index contributed by atoms with van der Waals surface area (Å²) in [6.45, 7) is 8.75. The van der Waals surface area contributed by atoms with Gasteiger partial charge in [0.05, 0.1) is 12.2 Å². The van der Waals surface area contributed by atoms with Crippen molar-refractivity contribution in [2.24, 2.45) is 0 Å². The van der Waals surface area contributed by atoms with Crippen LogP contribution in [0.1, 0.15) is 34.1 Å². The summed E-state index contributed by atoms with van der Waals surface area (Å²) in [7, 11) is -0.0947. The van der Waals surface area contributed by atoms with Gasteiger partial charge in [0.2, 0.25) is 0 Å². The summed E-state index contributed by atoms with van der Waals surface area (Å²) in [6, 6.07) is 0. The number of hydrogen-bond acceptors (Lipinski definition) is 2. The van der Waals surface area contributed by atoms with Gasteiger partial charge < -0.3 is 9.47 Å². The van der Waals surface area contributed by atoms with E-state index < -0.39 is 0 Å². The van der Waals surface area contributed by atoms with Crippen LogP contribution >= 0.6 is 7.92 Å². The molecular formula is C14H21O2P. The van der Waals surface area contributed by atoms with Gasteiger partial charge in [0.15, 0.2) is 5.79 Å². The Morgan fingerprint density at radius 3 is 2.24 bits per heavy atom. The summed E-state index contributed by atoms with van der Waals surface area (Å²) < 4.78 is 12.2. The number of rotatable bonds is 1. The summed E-state index contributed by atoms with van der Waals surface area (Å²) in [6.07, 6.45) is 8.50. The quantitative estimate of drug-likeness (QED) is 0.663. The van der Waals surface area contributed by atoms with Gasteiger partial charge in [-0.05, 0) is 25.6 Å². The molecule has 0 N–H and O–H groups in total. The molecule has 0 saturated carbocycles. The number of ether oxygens (including phenoxy) is 2. The summed E-state index contributed by atoms with van der Waals surface area (Å²) in [5, 5.41) is 1.62. The first-order chi connectivity index (χ1) is 7.99. The maximum absolute atomic E-state index is 6.09. The zero-order valence-corrected chi connectivity index (χ0v) is 11.9. The van der Waals surface area contributed by atoms with Crippen molar-refractivity contribution in [2.45, 2.75) is 63.4 Å². The third-order valence-corrected chi connectivity index (χ3v) is 7.41. The average molecular weight is 252 g/mol. The van der Waals surface area contributed by atoms with Crippen molar-refractivity contribution in [2.75, 3.05) is 0 Å². The number of hydrogen-bond donors (Lipinski definition) is 0. The van der Waals surface area contributed by atoms with Crippen LogP contribution in [0.5, 0.6) is 0 Å². The fourth-order valence-electron chi connectivity index (χ4n) is 3.40. The molecule has 2 nitrogen and oxygen atoms in total. The van der Waals surface area contributed by atoms with Crippen molar-refractivity contribution in [1.29, 1.82) is 0 Å². The molecule has 0 bridgehead atoms. The molecule has 0 aromatic carbocycles. The normalized spacial score (nSPS) is 47.3. The first-order valence-electron chi connectivity index (χ1n) is 6.49. The first-order valence-corrected chi connectivity index (χ1v) is 7.97. The molecule has 0 aromatic rings. The van der Waals surface area contributed by atoms with Gasteiger partial charge in [0, 0.05) is 11.3 Å². The molecule has 0 spiro atoms. The molecule has 1 aliphatic carbocycles. The second kappa shape index (κ2) is 3.91. The number of allylic oxidation sites excluding steroid dienone is 4. The maximum atomic E-state index is 6.09. The van der Waals surface area contributed by atoms with Crippen molar-refractivity contribution in [3.05, 3.63) is 23.5 Å². The minimum atomic E-state index is -0.387. The van der Waals surface area contributed by atoms with E-state index in [9.17, 15) is 0 Å². The van der Waals surface area contributed by atoms with Gasteiger partial charge in [-0.15, -0.1) is 0 Å². The third kappa shape index (κ3) is 1.82. The molecule has 0 aromatic heterocycles. The van der Waals surface area contributed by atoms with Crippen molar-refractivity contribution in [3.8, 4) is 0 Å². The highest BCUT2D eigenvalue weighted by atomic mass is 31.1. The van der Waals surface area contributed by atoms with Gasteiger partial charge in [-0.25, -0.2) is 0 Å². The Hall–Kier alpha value is -0.170. The summed E-state index contributed by atoms with van der Waals surface area (Å²) in [5.74, 6) is -0.387. The Morgan fingerprint density at radius 1 is 1.18 bits per heavy atom. The molecular weight excluding hydrogens is 231 g/mol. The van der Waals surface area contributed by atoms with Gasteiger partial charge in [-0.1, -0.05) is 40.0 Å². The third-order valence-electron chi connectivity index (χ3n) is 4.08. The van der Waals surface area contributed by atoms with Crippen LogP contribution in [0.25, 0.3) is 0 Å². The molecule has 3 heteroatoms. The predicted molar refractivity (Wildman–Crippen MR) is 71.5 cm³/mol. The monoisotopic (exact) mass is 252 g/mol. The van der Waals surface area contributed by atoms with E-state index in [1.807, 2.05) is 13.8 Å². The van der Waals surface area contributed by atoms with Gasteiger partial charge in [-0.3, -0.25) is 0 Å². The molecule has 0 radical (unpaired) electrons. The molecule has 3 aliphatic rings. The van der Waals surface area contributed by atoms with Gasteiger partial charge in [0.1, 0.15) is 0 Å². The van der Waals surface area contributed by atoms with Crippen LogP contribution in [-0.2, 0) is 9.47 Å². The lowest BCUT2D eigenvalue weighted by Crippen LogP contribution is -2.27. The molecule has 94 valence electrons. The molecule has 2 saturated heterocycles. The Balaban J connectivity index is 1.83. The fourth-order valence-corrected chi connectivity index (χ4v) is 6.86. The Labute approximate surface area is 105 Å². The van der Waals surface area contributed by atoms with Crippen molar-refractivity contribution in [1.82, 2.24) is 0 Å². The molecule has 17 heavy (non-hydrogen) atoms. The zero-order chi connectivity index (χ0) is 12.2. The van der Waals surface area contributed by atoms with E-state index in [0.717, 1.165) is 6.42 Å².